The van der Waals surface area contributed by atoms with Gasteiger partial charge in [0.05, 0.1) is 18.0 Å². The van der Waals surface area contributed by atoms with E-state index in [9.17, 15) is 18.7 Å². The lowest BCUT2D eigenvalue weighted by atomic mass is 9.47. The third kappa shape index (κ3) is 3.55. The summed E-state index contributed by atoms with van der Waals surface area (Å²) >= 11 is 3.93. The fourth-order valence-corrected chi connectivity index (χ4v) is 8.16. The van der Waals surface area contributed by atoms with E-state index in [1.807, 2.05) is 6.21 Å². The van der Waals surface area contributed by atoms with Crippen molar-refractivity contribution in [2.24, 2.45) is 16.3 Å². The van der Waals surface area contributed by atoms with Crippen LogP contribution in [-0.4, -0.2) is 35.1 Å². The van der Waals surface area contributed by atoms with Crippen LogP contribution in [0.1, 0.15) is 72.7 Å². The molecule has 192 valence electrons. The van der Waals surface area contributed by atoms with Crippen LogP contribution in [0, 0.1) is 23.0 Å². The van der Waals surface area contributed by atoms with Crippen LogP contribution in [0.25, 0.3) is 16.6 Å². The fourth-order valence-electron chi connectivity index (χ4n) is 7.39. The number of hydrogen-bond acceptors (Lipinski definition) is 3. The second-order valence-electron chi connectivity index (χ2n) is 11.3. The zero-order valence-corrected chi connectivity index (χ0v) is 21.9. The van der Waals surface area contributed by atoms with Crippen molar-refractivity contribution in [1.29, 1.82) is 0 Å². The molecule has 2 aliphatic carbocycles. The maximum absolute atomic E-state index is 14.6. The van der Waals surface area contributed by atoms with Gasteiger partial charge in [0.25, 0.3) is 0 Å². The highest BCUT2D eigenvalue weighted by molar-refractivity contribution is 9.10. The molecule has 0 radical (unpaired) electrons. The summed E-state index contributed by atoms with van der Waals surface area (Å²) < 4.78 is 37.4. The van der Waals surface area contributed by atoms with Crippen LogP contribution in [0.5, 0.6) is 0 Å². The SMILES string of the molecule is O=C(O)C1CC2(C1)CC(c1c(C3CCOCC3)n(-c3ccc(F)c(F)c3)c3cc4c(c(Br)c13)CN=C4)C2. The molecule has 4 aliphatic rings. The zero-order chi connectivity index (χ0) is 25.5. The standard InChI is InChI=1S/C29H27BrF2N2O3/c30-26-20-14-33-13-16(20)7-23-25(26)24(17-9-29(10-17)11-18(12-29)28(35)36)27(15-3-5-37-6-4-15)34(23)19-1-2-21(31)22(32)8-19/h1-2,7-8,13,15,17-18H,3-6,9-12,14H2,(H,35,36). The van der Waals surface area contributed by atoms with Crippen molar-refractivity contribution in [1.82, 2.24) is 4.57 Å². The van der Waals surface area contributed by atoms with Crippen molar-refractivity contribution in [3.05, 3.63) is 62.8 Å². The summed E-state index contributed by atoms with van der Waals surface area (Å²) in [6.07, 6.45) is 7.04. The molecule has 3 fully saturated rings. The van der Waals surface area contributed by atoms with Gasteiger partial charge in [-0.3, -0.25) is 9.79 Å². The largest absolute Gasteiger partial charge is 0.481 e. The number of carbonyl (C=O) groups is 1. The summed E-state index contributed by atoms with van der Waals surface area (Å²) in [5, 5.41) is 10.6. The van der Waals surface area contributed by atoms with Crippen LogP contribution in [0.3, 0.4) is 0 Å². The highest BCUT2D eigenvalue weighted by atomic mass is 79.9. The Morgan fingerprint density at radius 2 is 1.84 bits per heavy atom. The second kappa shape index (κ2) is 8.46. The topological polar surface area (TPSA) is 63.8 Å². The van der Waals surface area contributed by atoms with E-state index in [2.05, 4.69) is 31.6 Å². The van der Waals surface area contributed by atoms with Gasteiger partial charge in [0, 0.05) is 58.2 Å². The first kappa shape index (κ1) is 23.5. The Labute approximate surface area is 221 Å². The monoisotopic (exact) mass is 568 g/mol. The minimum Gasteiger partial charge on any atom is -0.481 e. The van der Waals surface area contributed by atoms with Gasteiger partial charge in [0.2, 0.25) is 0 Å². The fraction of sp³-hybridized carbons (Fsp3) is 0.448. The number of aromatic nitrogens is 1. The molecule has 1 saturated heterocycles. The van der Waals surface area contributed by atoms with Crippen molar-refractivity contribution in [3.63, 3.8) is 0 Å². The Morgan fingerprint density at radius 3 is 2.54 bits per heavy atom. The van der Waals surface area contributed by atoms with Crippen LogP contribution in [0.15, 0.2) is 33.7 Å². The molecule has 1 N–H and O–H groups in total. The first-order chi connectivity index (χ1) is 17.8. The Morgan fingerprint density at radius 1 is 1.08 bits per heavy atom. The molecule has 0 amide bonds. The van der Waals surface area contributed by atoms with Gasteiger partial charge in [0.15, 0.2) is 11.6 Å². The van der Waals surface area contributed by atoms with Crippen molar-refractivity contribution in [2.45, 2.75) is 56.9 Å². The van der Waals surface area contributed by atoms with Crippen molar-refractivity contribution in [2.75, 3.05) is 13.2 Å². The molecule has 0 unspecified atom stereocenters. The average Bonchev–Trinajstić information content (AvgIpc) is 3.43. The number of carboxylic acids is 1. The Hall–Kier alpha value is -2.58. The Kier molecular flexibility index (Phi) is 5.38. The molecule has 37 heavy (non-hydrogen) atoms. The zero-order valence-electron chi connectivity index (χ0n) is 20.3. The van der Waals surface area contributed by atoms with Gasteiger partial charge in [-0.25, -0.2) is 8.78 Å². The molecule has 1 spiro atoms. The van der Waals surface area contributed by atoms with E-state index in [-0.39, 0.29) is 17.3 Å². The minimum atomic E-state index is -0.864. The number of hydrogen-bond donors (Lipinski definition) is 1. The van der Waals surface area contributed by atoms with E-state index in [4.69, 9.17) is 4.74 Å². The smallest absolute Gasteiger partial charge is 0.306 e. The maximum atomic E-state index is 14.6. The molecule has 2 saturated carbocycles. The van der Waals surface area contributed by atoms with Crippen LogP contribution < -0.4 is 0 Å². The van der Waals surface area contributed by atoms with Crippen molar-refractivity contribution >= 4 is 39.0 Å². The molecule has 7 rings (SSSR count). The maximum Gasteiger partial charge on any atom is 0.306 e. The molecule has 0 bridgehead atoms. The molecule has 5 nitrogen and oxygen atoms in total. The minimum absolute atomic E-state index is 0.114. The van der Waals surface area contributed by atoms with E-state index in [0.717, 1.165) is 65.0 Å². The molecule has 0 atom stereocenters. The number of nitrogens with zero attached hydrogens (tertiary/aromatic N) is 2. The van der Waals surface area contributed by atoms with Gasteiger partial charge in [0.1, 0.15) is 0 Å². The van der Waals surface area contributed by atoms with E-state index in [1.165, 1.54) is 23.4 Å². The first-order valence-corrected chi connectivity index (χ1v) is 13.8. The molecule has 1 aromatic heterocycles. The van der Waals surface area contributed by atoms with Gasteiger partial charge >= 0.3 is 5.97 Å². The Balaban J connectivity index is 1.45. The van der Waals surface area contributed by atoms with Crippen LogP contribution in [0.4, 0.5) is 8.78 Å². The summed E-state index contributed by atoms with van der Waals surface area (Å²) in [6.45, 7) is 1.95. The molecule has 8 heteroatoms. The van der Waals surface area contributed by atoms with Crippen molar-refractivity contribution < 1.29 is 23.4 Å². The van der Waals surface area contributed by atoms with Gasteiger partial charge in [-0.2, -0.15) is 0 Å². The lowest BCUT2D eigenvalue weighted by molar-refractivity contribution is -0.155. The number of benzene rings is 2. The van der Waals surface area contributed by atoms with Crippen molar-refractivity contribution in [3.8, 4) is 5.69 Å². The lowest BCUT2D eigenvalue weighted by Crippen LogP contribution is -2.49. The Bertz CT molecular complexity index is 1480. The van der Waals surface area contributed by atoms with E-state index < -0.39 is 17.6 Å². The van der Waals surface area contributed by atoms with Gasteiger partial charge in [-0.15, -0.1) is 0 Å². The van der Waals surface area contributed by atoms with Crippen LogP contribution >= 0.6 is 15.9 Å². The number of rotatable bonds is 4. The van der Waals surface area contributed by atoms with E-state index in [0.29, 0.717) is 31.4 Å². The van der Waals surface area contributed by atoms with Gasteiger partial charge in [-0.05, 0) is 95.1 Å². The first-order valence-electron chi connectivity index (χ1n) is 13.0. The van der Waals surface area contributed by atoms with E-state index >= 15 is 0 Å². The highest BCUT2D eigenvalue weighted by Crippen LogP contribution is 2.66. The van der Waals surface area contributed by atoms with Crippen LogP contribution in [0.2, 0.25) is 0 Å². The predicted molar refractivity (Wildman–Crippen MR) is 140 cm³/mol. The molecular formula is C29H27BrF2N2O3. The number of fused-ring (bicyclic) bond motifs is 2. The molecule has 2 aromatic carbocycles. The lowest BCUT2D eigenvalue weighted by Gasteiger charge is -2.57. The molecule has 3 aromatic rings. The van der Waals surface area contributed by atoms with Crippen LogP contribution in [-0.2, 0) is 16.1 Å². The number of aliphatic imine (C=N–C) groups is 1. The average molecular weight is 569 g/mol. The van der Waals surface area contributed by atoms with Gasteiger partial charge < -0.3 is 14.4 Å². The third-order valence-corrected chi connectivity index (χ3v) is 10.0. The molecular weight excluding hydrogens is 542 g/mol. The van der Waals surface area contributed by atoms with E-state index in [1.54, 1.807) is 6.07 Å². The third-order valence-electron chi connectivity index (χ3n) is 9.13. The summed E-state index contributed by atoms with van der Waals surface area (Å²) in [5.74, 6) is -2.13. The predicted octanol–water partition coefficient (Wildman–Crippen LogP) is 6.86. The highest BCUT2D eigenvalue weighted by Gasteiger charge is 2.56. The number of aliphatic carboxylic acids is 1. The summed E-state index contributed by atoms with van der Waals surface area (Å²) in [7, 11) is 0. The number of carboxylic acid groups (broad SMARTS) is 1. The van der Waals surface area contributed by atoms with Gasteiger partial charge in [-0.1, -0.05) is 0 Å². The normalized spacial score (nSPS) is 26.9. The second-order valence-corrected chi connectivity index (χ2v) is 12.1. The summed E-state index contributed by atoms with van der Waals surface area (Å²) in [5.41, 5.74) is 6.33. The number of ether oxygens (including phenoxy) is 1. The molecule has 2 aliphatic heterocycles. The summed E-state index contributed by atoms with van der Waals surface area (Å²) in [4.78, 5) is 16.0. The number of halogens is 3. The quantitative estimate of drug-likeness (QED) is 0.374. The molecule has 3 heterocycles. The summed E-state index contributed by atoms with van der Waals surface area (Å²) in [6, 6.07) is 6.29.